The van der Waals surface area contributed by atoms with Gasteiger partial charge in [-0.25, -0.2) is 0 Å². The van der Waals surface area contributed by atoms with Crippen LogP contribution >= 0.6 is 0 Å². The number of aromatic nitrogens is 1. The van der Waals surface area contributed by atoms with Crippen LogP contribution in [-0.4, -0.2) is 18.1 Å². The zero-order chi connectivity index (χ0) is 15.4. The summed E-state index contributed by atoms with van der Waals surface area (Å²) in [5, 5.41) is 2.51. The van der Waals surface area contributed by atoms with E-state index in [0.29, 0.717) is 6.54 Å². The number of anilines is 1. The second kappa shape index (κ2) is 6.58. The number of hydrogen-bond acceptors (Lipinski definition) is 3. The van der Waals surface area contributed by atoms with Crippen LogP contribution in [0.3, 0.4) is 0 Å². The molecule has 0 amide bonds. The molecule has 1 heterocycles. The lowest BCUT2D eigenvalue weighted by Crippen LogP contribution is -2.33. The van der Waals surface area contributed by atoms with E-state index in [-0.39, 0.29) is 6.04 Å². The summed E-state index contributed by atoms with van der Waals surface area (Å²) in [4.78, 5) is 6.60. The van der Waals surface area contributed by atoms with Crippen LogP contribution < -0.4 is 10.6 Å². The van der Waals surface area contributed by atoms with E-state index in [0.717, 1.165) is 12.1 Å². The van der Waals surface area contributed by atoms with Crippen molar-refractivity contribution >= 4 is 16.5 Å². The largest absolute Gasteiger partial charge is 0.363 e. The van der Waals surface area contributed by atoms with Crippen molar-refractivity contribution in [2.75, 3.05) is 18.0 Å². The van der Waals surface area contributed by atoms with Gasteiger partial charge < -0.3 is 10.6 Å². The number of benzene rings is 2. The van der Waals surface area contributed by atoms with Crippen LogP contribution in [0.2, 0.25) is 0 Å². The first-order chi connectivity index (χ1) is 10.8. The van der Waals surface area contributed by atoms with E-state index in [1.807, 2.05) is 12.3 Å². The van der Waals surface area contributed by atoms with Crippen LogP contribution in [-0.2, 0) is 0 Å². The van der Waals surface area contributed by atoms with Gasteiger partial charge in [-0.05, 0) is 30.0 Å². The Balaban J connectivity index is 2.09. The molecule has 1 atom stereocenters. The second-order valence-electron chi connectivity index (χ2n) is 5.32. The SMILES string of the molecule is CCN(c1cccc2ccccc12)C(CN)c1cccnc1. The van der Waals surface area contributed by atoms with Gasteiger partial charge in [-0.2, -0.15) is 0 Å². The summed E-state index contributed by atoms with van der Waals surface area (Å²) < 4.78 is 0. The molecule has 0 aliphatic carbocycles. The van der Waals surface area contributed by atoms with Gasteiger partial charge in [-0.3, -0.25) is 4.98 Å². The molecular formula is C19H21N3. The van der Waals surface area contributed by atoms with Gasteiger partial charge in [0.1, 0.15) is 0 Å². The molecule has 0 bridgehead atoms. The van der Waals surface area contributed by atoms with Gasteiger partial charge in [0.2, 0.25) is 0 Å². The summed E-state index contributed by atoms with van der Waals surface area (Å²) in [7, 11) is 0. The number of hydrogen-bond donors (Lipinski definition) is 1. The summed E-state index contributed by atoms with van der Waals surface area (Å²) in [5.41, 5.74) is 8.47. The number of likely N-dealkylation sites (N-methyl/N-ethyl adjacent to an activating group) is 1. The fraction of sp³-hybridized carbons (Fsp3) is 0.211. The van der Waals surface area contributed by atoms with E-state index >= 15 is 0 Å². The molecule has 3 nitrogen and oxygen atoms in total. The third-order valence-corrected chi connectivity index (χ3v) is 4.09. The van der Waals surface area contributed by atoms with Crippen LogP contribution in [0.25, 0.3) is 10.8 Å². The average molecular weight is 291 g/mol. The second-order valence-corrected chi connectivity index (χ2v) is 5.32. The van der Waals surface area contributed by atoms with Crippen molar-refractivity contribution in [3.63, 3.8) is 0 Å². The Morgan fingerprint density at radius 1 is 1.05 bits per heavy atom. The molecular weight excluding hydrogens is 270 g/mol. The molecule has 0 aliphatic rings. The molecule has 0 fully saturated rings. The number of rotatable bonds is 5. The monoisotopic (exact) mass is 291 g/mol. The van der Waals surface area contributed by atoms with Gasteiger partial charge in [0.25, 0.3) is 0 Å². The lowest BCUT2D eigenvalue weighted by molar-refractivity contribution is 0.643. The van der Waals surface area contributed by atoms with Crippen LogP contribution in [0.15, 0.2) is 67.0 Å². The van der Waals surface area contributed by atoms with Crippen LogP contribution in [0.5, 0.6) is 0 Å². The minimum atomic E-state index is 0.129. The molecule has 22 heavy (non-hydrogen) atoms. The van der Waals surface area contributed by atoms with E-state index < -0.39 is 0 Å². The Labute approximate surface area is 131 Å². The molecule has 0 aliphatic heterocycles. The minimum absolute atomic E-state index is 0.129. The normalized spacial score (nSPS) is 12.3. The standard InChI is InChI=1S/C19H21N3/c1-2-22(19(13-20)16-9-6-12-21-14-16)18-11-5-8-15-7-3-4-10-17(15)18/h3-12,14,19H,2,13,20H2,1H3. The first kappa shape index (κ1) is 14.5. The maximum atomic E-state index is 6.09. The Bertz CT molecular complexity index is 735. The highest BCUT2D eigenvalue weighted by molar-refractivity contribution is 5.94. The minimum Gasteiger partial charge on any atom is -0.363 e. The molecule has 112 valence electrons. The van der Waals surface area contributed by atoms with E-state index in [9.17, 15) is 0 Å². The topological polar surface area (TPSA) is 42.1 Å². The predicted octanol–water partition coefficient (Wildman–Crippen LogP) is 3.76. The summed E-state index contributed by atoms with van der Waals surface area (Å²) in [6, 6.07) is 19.1. The fourth-order valence-electron chi connectivity index (χ4n) is 3.03. The van der Waals surface area contributed by atoms with E-state index in [1.165, 1.54) is 16.5 Å². The van der Waals surface area contributed by atoms with E-state index in [1.54, 1.807) is 6.20 Å². The van der Waals surface area contributed by atoms with Gasteiger partial charge in [-0.15, -0.1) is 0 Å². The van der Waals surface area contributed by atoms with Crippen LogP contribution in [0.4, 0.5) is 5.69 Å². The maximum absolute atomic E-state index is 6.09. The zero-order valence-corrected chi connectivity index (χ0v) is 12.8. The highest BCUT2D eigenvalue weighted by Crippen LogP contribution is 2.32. The van der Waals surface area contributed by atoms with Crippen molar-refractivity contribution in [3.05, 3.63) is 72.6 Å². The summed E-state index contributed by atoms with van der Waals surface area (Å²) >= 11 is 0. The fourth-order valence-corrected chi connectivity index (χ4v) is 3.03. The molecule has 0 radical (unpaired) electrons. The van der Waals surface area contributed by atoms with Crippen LogP contribution in [0.1, 0.15) is 18.5 Å². The van der Waals surface area contributed by atoms with Crippen LogP contribution in [0, 0.1) is 0 Å². The summed E-state index contributed by atoms with van der Waals surface area (Å²) in [6.07, 6.45) is 3.70. The highest BCUT2D eigenvalue weighted by Gasteiger charge is 2.19. The number of pyridine rings is 1. The first-order valence-electron chi connectivity index (χ1n) is 7.69. The van der Waals surface area contributed by atoms with Gasteiger partial charge >= 0.3 is 0 Å². The molecule has 3 heteroatoms. The molecule has 2 aromatic carbocycles. The van der Waals surface area contributed by atoms with Gasteiger partial charge in [-0.1, -0.05) is 42.5 Å². The third kappa shape index (κ3) is 2.68. The van der Waals surface area contributed by atoms with Gasteiger partial charge in [0, 0.05) is 36.6 Å². The van der Waals surface area contributed by atoms with Gasteiger partial charge in [0.15, 0.2) is 0 Å². The van der Waals surface area contributed by atoms with Crippen molar-refractivity contribution < 1.29 is 0 Å². The Morgan fingerprint density at radius 3 is 2.59 bits per heavy atom. The molecule has 0 saturated carbocycles. The molecule has 0 spiro atoms. The lowest BCUT2D eigenvalue weighted by atomic mass is 10.0. The quantitative estimate of drug-likeness (QED) is 0.778. The van der Waals surface area contributed by atoms with Crippen molar-refractivity contribution in [3.8, 4) is 0 Å². The van der Waals surface area contributed by atoms with Crippen molar-refractivity contribution in [1.29, 1.82) is 0 Å². The number of fused-ring (bicyclic) bond motifs is 1. The zero-order valence-electron chi connectivity index (χ0n) is 12.8. The molecule has 3 aromatic rings. The highest BCUT2D eigenvalue weighted by atomic mass is 15.2. The number of nitrogens with two attached hydrogens (primary N) is 1. The molecule has 3 rings (SSSR count). The summed E-state index contributed by atoms with van der Waals surface area (Å²) in [5.74, 6) is 0. The molecule has 1 unspecified atom stereocenters. The average Bonchev–Trinajstić information content (AvgIpc) is 2.60. The molecule has 1 aromatic heterocycles. The number of nitrogens with zero attached hydrogens (tertiary/aromatic N) is 2. The van der Waals surface area contributed by atoms with Crippen molar-refractivity contribution in [2.45, 2.75) is 13.0 Å². The van der Waals surface area contributed by atoms with E-state index in [2.05, 4.69) is 65.3 Å². The van der Waals surface area contributed by atoms with Gasteiger partial charge in [0.05, 0.1) is 6.04 Å². The van der Waals surface area contributed by atoms with Crippen molar-refractivity contribution in [1.82, 2.24) is 4.98 Å². The maximum Gasteiger partial charge on any atom is 0.0679 e. The van der Waals surface area contributed by atoms with E-state index in [4.69, 9.17) is 5.73 Å². The lowest BCUT2D eigenvalue weighted by Gasteiger charge is -2.33. The summed E-state index contributed by atoms with van der Waals surface area (Å²) in [6.45, 7) is 3.62. The van der Waals surface area contributed by atoms with Crippen molar-refractivity contribution in [2.24, 2.45) is 5.73 Å². The predicted molar refractivity (Wildman–Crippen MR) is 93.0 cm³/mol. The Kier molecular flexibility index (Phi) is 4.35. The molecule has 0 saturated heterocycles. The molecule has 2 N–H and O–H groups in total. The Morgan fingerprint density at radius 2 is 1.86 bits per heavy atom. The first-order valence-corrected chi connectivity index (χ1v) is 7.69. The Hall–Kier alpha value is -2.39. The third-order valence-electron chi connectivity index (χ3n) is 4.09. The smallest absolute Gasteiger partial charge is 0.0679 e.